The molecule has 0 spiro atoms. The van der Waals surface area contributed by atoms with Gasteiger partial charge in [-0.2, -0.15) is 13.2 Å². The number of aromatic nitrogens is 1. The third-order valence-electron chi connectivity index (χ3n) is 1.52. The highest BCUT2D eigenvalue weighted by molar-refractivity contribution is 5.42. The van der Waals surface area contributed by atoms with Gasteiger partial charge in [-0.3, -0.25) is 0 Å². The lowest BCUT2D eigenvalue weighted by Crippen LogP contribution is -2.21. The summed E-state index contributed by atoms with van der Waals surface area (Å²) in [5, 5.41) is 2.21. The molecule has 1 N–H and O–H groups in total. The first-order chi connectivity index (χ1) is 7.01. The molecule has 0 fully saturated rings. The van der Waals surface area contributed by atoms with E-state index in [0.717, 1.165) is 0 Å². The normalized spacial score (nSPS) is 11.2. The van der Waals surface area contributed by atoms with Gasteiger partial charge in [0.25, 0.3) is 0 Å². The van der Waals surface area contributed by atoms with E-state index in [0.29, 0.717) is 18.2 Å². The molecule has 1 aromatic rings. The van der Waals surface area contributed by atoms with Gasteiger partial charge in [0.1, 0.15) is 6.54 Å². The summed E-state index contributed by atoms with van der Waals surface area (Å²) in [6, 6.07) is 3.01. The average Bonchev–Trinajstić information content (AvgIpc) is 2.16. The maximum absolute atomic E-state index is 11.8. The first-order valence-electron chi connectivity index (χ1n) is 4.41. The zero-order valence-electron chi connectivity index (χ0n) is 8.14. The standard InChI is InChI=1S/C9H11F3N2O/c1-2-15-8-4-3-7(5-13-8)14-6-9(10,11)12/h3-5,14H,2,6H2,1H3. The lowest BCUT2D eigenvalue weighted by atomic mass is 10.4. The first-order valence-corrected chi connectivity index (χ1v) is 4.41. The molecule has 0 aliphatic heterocycles. The maximum atomic E-state index is 11.8. The second kappa shape index (κ2) is 4.86. The molecule has 0 saturated heterocycles. The fourth-order valence-electron chi connectivity index (χ4n) is 0.920. The van der Waals surface area contributed by atoms with E-state index in [-0.39, 0.29) is 0 Å². The fourth-order valence-corrected chi connectivity index (χ4v) is 0.920. The van der Waals surface area contributed by atoms with Crippen molar-refractivity contribution in [2.24, 2.45) is 0 Å². The summed E-state index contributed by atoms with van der Waals surface area (Å²) in [5.74, 6) is 0.398. The van der Waals surface area contributed by atoms with Crippen LogP contribution in [-0.2, 0) is 0 Å². The van der Waals surface area contributed by atoms with E-state index in [1.54, 1.807) is 6.92 Å². The molecule has 0 radical (unpaired) electrons. The number of halogens is 3. The number of hydrogen-bond donors (Lipinski definition) is 1. The molecule has 6 heteroatoms. The van der Waals surface area contributed by atoms with Gasteiger partial charge < -0.3 is 10.1 Å². The molecule has 1 heterocycles. The average molecular weight is 220 g/mol. The van der Waals surface area contributed by atoms with Gasteiger partial charge in [-0.05, 0) is 13.0 Å². The van der Waals surface area contributed by atoms with Gasteiger partial charge in [-0.25, -0.2) is 4.98 Å². The van der Waals surface area contributed by atoms with Gasteiger partial charge in [-0.1, -0.05) is 0 Å². The third kappa shape index (κ3) is 4.53. The van der Waals surface area contributed by atoms with Crippen molar-refractivity contribution in [3.05, 3.63) is 18.3 Å². The minimum atomic E-state index is -4.22. The maximum Gasteiger partial charge on any atom is 0.405 e. The predicted molar refractivity (Wildman–Crippen MR) is 50.0 cm³/mol. The van der Waals surface area contributed by atoms with E-state index in [2.05, 4.69) is 10.3 Å². The van der Waals surface area contributed by atoms with Crippen LogP contribution in [0.1, 0.15) is 6.92 Å². The molecule has 3 nitrogen and oxygen atoms in total. The van der Waals surface area contributed by atoms with Crippen LogP contribution in [0.25, 0.3) is 0 Å². The quantitative estimate of drug-likeness (QED) is 0.846. The molecule has 1 rings (SSSR count). The molecule has 0 saturated carbocycles. The topological polar surface area (TPSA) is 34.1 Å². The minimum Gasteiger partial charge on any atom is -0.478 e. The zero-order chi connectivity index (χ0) is 11.3. The Labute approximate surface area is 85.3 Å². The molecular weight excluding hydrogens is 209 g/mol. The van der Waals surface area contributed by atoms with Crippen molar-refractivity contribution in [1.29, 1.82) is 0 Å². The predicted octanol–water partition coefficient (Wildman–Crippen LogP) is 2.45. The van der Waals surface area contributed by atoms with Crippen molar-refractivity contribution >= 4 is 5.69 Å². The lowest BCUT2D eigenvalue weighted by Gasteiger charge is -2.09. The third-order valence-corrected chi connectivity index (χ3v) is 1.52. The van der Waals surface area contributed by atoms with E-state index in [4.69, 9.17) is 4.74 Å². The van der Waals surface area contributed by atoms with Gasteiger partial charge in [0.15, 0.2) is 0 Å². The van der Waals surface area contributed by atoms with Gasteiger partial charge in [-0.15, -0.1) is 0 Å². The first kappa shape index (κ1) is 11.6. The van der Waals surface area contributed by atoms with Crippen LogP contribution in [0.15, 0.2) is 18.3 Å². The van der Waals surface area contributed by atoms with E-state index in [1.807, 2.05) is 0 Å². The molecule has 0 aromatic carbocycles. The molecule has 0 bridgehead atoms. The highest BCUT2D eigenvalue weighted by Crippen LogP contribution is 2.17. The van der Waals surface area contributed by atoms with Crippen molar-refractivity contribution in [2.45, 2.75) is 13.1 Å². The Bertz CT molecular complexity index is 297. The molecule has 0 unspecified atom stereocenters. The zero-order valence-corrected chi connectivity index (χ0v) is 8.14. The van der Waals surface area contributed by atoms with Crippen LogP contribution in [0, 0.1) is 0 Å². The van der Waals surface area contributed by atoms with Crippen LogP contribution >= 0.6 is 0 Å². The number of anilines is 1. The van der Waals surface area contributed by atoms with Crippen LogP contribution in [0.2, 0.25) is 0 Å². The largest absolute Gasteiger partial charge is 0.478 e. The molecule has 0 atom stereocenters. The van der Waals surface area contributed by atoms with Crippen LogP contribution in [0.4, 0.5) is 18.9 Å². The Morgan fingerprint density at radius 3 is 2.60 bits per heavy atom. The van der Waals surface area contributed by atoms with Crippen molar-refractivity contribution in [2.75, 3.05) is 18.5 Å². The summed E-state index contributed by atoms with van der Waals surface area (Å²) < 4.78 is 40.5. The Kier molecular flexibility index (Phi) is 3.76. The Hall–Kier alpha value is -1.46. The fraction of sp³-hybridized carbons (Fsp3) is 0.444. The number of ether oxygens (including phenoxy) is 1. The number of rotatable bonds is 4. The summed E-state index contributed by atoms with van der Waals surface area (Å²) >= 11 is 0. The summed E-state index contributed by atoms with van der Waals surface area (Å²) in [6.45, 7) is 1.21. The molecule has 84 valence electrons. The highest BCUT2D eigenvalue weighted by Gasteiger charge is 2.26. The molecule has 0 aliphatic rings. The van der Waals surface area contributed by atoms with Crippen LogP contribution < -0.4 is 10.1 Å². The number of pyridine rings is 1. The van der Waals surface area contributed by atoms with Crippen LogP contribution in [0.3, 0.4) is 0 Å². The SMILES string of the molecule is CCOc1ccc(NCC(F)(F)F)cn1. The number of hydrogen-bond acceptors (Lipinski definition) is 3. The molecule has 1 aromatic heterocycles. The summed E-state index contributed by atoms with van der Waals surface area (Å²) in [4.78, 5) is 3.82. The van der Waals surface area contributed by atoms with Crippen molar-refractivity contribution in [3.8, 4) is 5.88 Å². The molecule has 0 aliphatic carbocycles. The second-order valence-corrected chi connectivity index (χ2v) is 2.79. The van der Waals surface area contributed by atoms with E-state index >= 15 is 0 Å². The van der Waals surface area contributed by atoms with E-state index < -0.39 is 12.7 Å². The number of alkyl halides is 3. The number of nitrogens with zero attached hydrogens (tertiary/aromatic N) is 1. The van der Waals surface area contributed by atoms with E-state index in [1.165, 1.54) is 18.3 Å². The molecular formula is C9H11F3N2O. The second-order valence-electron chi connectivity index (χ2n) is 2.79. The summed E-state index contributed by atoms with van der Waals surface area (Å²) in [7, 11) is 0. The van der Waals surface area contributed by atoms with E-state index in [9.17, 15) is 13.2 Å². The van der Waals surface area contributed by atoms with Crippen molar-refractivity contribution < 1.29 is 17.9 Å². The van der Waals surface area contributed by atoms with Crippen LogP contribution in [-0.4, -0.2) is 24.3 Å². The Balaban J connectivity index is 2.50. The van der Waals surface area contributed by atoms with Crippen LogP contribution in [0.5, 0.6) is 5.88 Å². The Morgan fingerprint density at radius 1 is 1.40 bits per heavy atom. The summed E-state index contributed by atoms with van der Waals surface area (Å²) in [5.41, 5.74) is 0.316. The lowest BCUT2D eigenvalue weighted by molar-refractivity contribution is -0.115. The van der Waals surface area contributed by atoms with Gasteiger partial charge in [0.2, 0.25) is 5.88 Å². The molecule has 0 amide bonds. The van der Waals surface area contributed by atoms with Crippen molar-refractivity contribution in [3.63, 3.8) is 0 Å². The number of nitrogens with one attached hydrogen (secondary N) is 1. The van der Waals surface area contributed by atoms with Gasteiger partial charge >= 0.3 is 6.18 Å². The Morgan fingerprint density at radius 2 is 2.13 bits per heavy atom. The van der Waals surface area contributed by atoms with Gasteiger partial charge in [0.05, 0.1) is 18.5 Å². The molecule has 15 heavy (non-hydrogen) atoms. The smallest absolute Gasteiger partial charge is 0.405 e. The van der Waals surface area contributed by atoms with Gasteiger partial charge in [0, 0.05) is 6.07 Å². The monoisotopic (exact) mass is 220 g/mol. The summed E-state index contributed by atoms with van der Waals surface area (Å²) in [6.07, 6.45) is -2.92. The highest BCUT2D eigenvalue weighted by atomic mass is 19.4. The van der Waals surface area contributed by atoms with Crippen molar-refractivity contribution in [1.82, 2.24) is 4.98 Å². The minimum absolute atomic E-state index is 0.316.